The van der Waals surface area contributed by atoms with Gasteiger partial charge in [0, 0.05) is 0 Å². The molecule has 0 aromatic heterocycles. The molecule has 0 saturated heterocycles. The van der Waals surface area contributed by atoms with E-state index >= 15 is 0 Å². The fraction of sp³-hybridized carbons (Fsp3) is 0.958. The third-order valence-electron chi connectivity index (χ3n) is 10.5. The largest absolute Gasteiger partial charge is 0.481 e. The summed E-state index contributed by atoms with van der Waals surface area (Å²) < 4.78 is 0. The van der Waals surface area contributed by atoms with Crippen LogP contribution < -0.4 is 0 Å². The van der Waals surface area contributed by atoms with E-state index in [-0.39, 0.29) is 47.5 Å². The van der Waals surface area contributed by atoms with Gasteiger partial charge in [0.2, 0.25) is 0 Å². The lowest BCUT2D eigenvalue weighted by molar-refractivity contribution is -0.208. The van der Waals surface area contributed by atoms with Crippen molar-refractivity contribution in [1.82, 2.24) is 0 Å². The Kier molecular flexibility index (Phi) is 5.79. The minimum Gasteiger partial charge on any atom is -0.481 e. The number of aliphatic hydroxyl groups is 4. The van der Waals surface area contributed by atoms with Gasteiger partial charge < -0.3 is 25.5 Å². The SMILES string of the molecule is C[C@@H]([C@H]1CC[C@H]2[C@@H]3[C@H](O)C[C@@H]4C[C@H](O)CC[C@]4(C)[C@H]3C[C@H](O)[C@]12C)[C@@H](O)CC(=O)O. The average molecular weight is 425 g/mol. The van der Waals surface area contributed by atoms with E-state index in [4.69, 9.17) is 5.11 Å². The maximum absolute atomic E-state index is 11.5. The van der Waals surface area contributed by atoms with Gasteiger partial charge in [-0.05, 0) is 91.3 Å². The molecule has 6 nitrogen and oxygen atoms in total. The van der Waals surface area contributed by atoms with Gasteiger partial charge in [0.05, 0.1) is 30.8 Å². The number of carboxylic acid groups (broad SMARTS) is 1. The number of aliphatic hydroxyl groups excluding tert-OH is 4. The van der Waals surface area contributed by atoms with Gasteiger partial charge in [0.25, 0.3) is 0 Å². The third-order valence-corrected chi connectivity index (χ3v) is 10.5. The van der Waals surface area contributed by atoms with Gasteiger partial charge in [-0.3, -0.25) is 4.79 Å². The summed E-state index contributed by atoms with van der Waals surface area (Å²) in [5.41, 5.74) is -0.379. The van der Waals surface area contributed by atoms with Crippen molar-refractivity contribution >= 4 is 5.97 Å². The molecule has 4 fully saturated rings. The highest BCUT2D eigenvalue weighted by Gasteiger charge is 2.66. The van der Waals surface area contributed by atoms with E-state index in [2.05, 4.69) is 13.8 Å². The van der Waals surface area contributed by atoms with Crippen LogP contribution in [-0.4, -0.2) is 55.9 Å². The molecule has 4 aliphatic rings. The van der Waals surface area contributed by atoms with Crippen LogP contribution in [0.1, 0.15) is 72.1 Å². The molecule has 0 aromatic carbocycles. The smallest absolute Gasteiger partial charge is 0.305 e. The molecule has 0 bridgehead atoms. The van der Waals surface area contributed by atoms with Crippen LogP contribution in [0.5, 0.6) is 0 Å². The molecule has 0 amide bonds. The summed E-state index contributed by atoms with van der Waals surface area (Å²) >= 11 is 0. The second kappa shape index (κ2) is 7.72. The summed E-state index contributed by atoms with van der Waals surface area (Å²) in [5.74, 6) is -0.333. The summed E-state index contributed by atoms with van der Waals surface area (Å²) in [6.07, 6.45) is 3.19. The van der Waals surface area contributed by atoms with Crippen LogP contribution in [0.4, 0.5) is 0 Å². The molecule has 4 aliphatic carbocycles. The summed E-state index contributed by atoms with van der Waals surface area (Å²) in [6, 6.07) is 0. The van der Waals surface area contributed by atoms with E-state index in [1.807, 2.05) is 6.92 Å². The van der Waals surface area contributed by atoms with Gasteiger partial charge >= 0.3 is 5.97 Å². The molecule has 0 aromatic rings. The Labute approximate surface area is 179 Å². The Balaban J connectivity index is 1.62. The normalized spacial score (nSPS) is 52.6. The highest BCUT2D eigenvalue weighted by atomic mass is 16.4. The van der Waals surface area contributed by atoms with Crippen LogP contribution >= 0.6 is 0 Å². The number of rotatable bonds is 4. The van der Waals surface area contributed by atoms with E-state index in [1.165, 1.54) is 0 Å². The van der Waals surface area contributed by atoms with E-state index in [9.17, 15) is 25.2 Å². The van der Waals surface area contributed by atoms with Gasteiger partial charge in [-0.15, -0.1) is 0 Å². The van der Waals surface area contributed by atoms with Crippen molar-refractivity contribution in [2.75, 3.05) is 0 Å². The van der Waals surface area contributed by atoms with E-state index in [0.717, 1.165) is 38.5 Å². The molecule has 4 saturated carbocycles. The van der Waals surface area contributed by atoms with E-state index in [1.54, 1.807) is 0 Å². The van der Waals surface area contributed by atoms with Gasteiger partial charge in [-0.1, -0.05) is 20.8 Å². The second-order valence-corrected chi connectivity index (χ2v) is 11.6. The summed E-state index contributed by atoms with van der Waals surface area (Å²) in [7, 11) is 0. The Morgan fingerprint density at radius 1 is 1.03 bits per heavy atom. The van der Waals surface area contributed by atoms with Crippen molar-refractivity contribution in [3.8, 4) is 0 Å². The van der Waals surface area contributed by atoms with Gasteiger partial charge in [0.1, 0.15) is 0 Å². The molecule has 0 spiro atoms. The zero-order valence-corrected chi connectivity index (χ0v) is 18.6. The maximum Gasteiger partial charge on any atom is 0.305 e. The number of hydrogen-bond donors (Lipinski definition) is 5. The average Bonchev–Trinajstić information content (AvgIpc) is 3.01. The number of aliphatic carboxylic acids is 1. The first-order chi connectivity index (χ1) is 14.0. The monoisotopic (exact) mass is 424 g/mol. The molecular weight excluding hydrogens is 384 g/mol. The maximum atomic E-state index is 11.5. The van der Waals surface area contributed by atoms with Crippen molar-refractivity contribution in [1.29, 1.82) is 0 Å². The lowest BCUT2D eigenvalue weighted by Crippen LogP contribution is -2.62. The number of carbonyl (C=O) groups is 1. The summed E-state index contributed by atoms with van der Waals surface area (Å²) in [6.45, 7) is 6.35. The highest BCUT2D eigenvalue weighted by molar-refractivity contribution is 5.67. The summed E-state index contributed by atoms with van der Waals surface area (Å²) in [4.78, 5) is 11.1. The Morgan fingerprint density at radius 3 is 2.40 bits per heavy atom. The predicted octanol–water partition coefficient (Wildman–Crippen LogP) is 2.42. The Hall–Kier alpha value is -0.690. The molecule has 0 radical (unpaired) electrons. The third kappa shape index (κ3) is 3.25. The Bertz CT molecular complexity index is 668. The molecule has 4 rings (SSSR count). The fourth-order valence-electron chi connectivity index (χ4n) is 8.70. The number of carboxylic acids is 1. The van der Waals surface area contributed by atoms with Gasteiger partial charge in [-0.25, -0.2) is 0 Å². The second-order valence-electron chi connectivity index (χ2n) is 11.6. The quantitative estimate of drug-likeness (QED) is 0.473. The molecule has 0 heterocycles. The van der Waals surface area contributed by atoms with Crippen molar-refractivity contribution in [2.45, 2.75) is 96.6 Å². The first-order valence-corrected chi connectivity index (χ1v) is 11.9. The molecule has 12 atom stereocenters. The first kappa shape index (κ1) is 22.5. The van der Waals surface area contributed by atoms with Crippen molar-refractivity contribution in [2.24, 2.45) is 46.3 Å². The van der Waals surface area contributed by atoms with Crippen molar-refractivity contribution in [3.63, 3.8) is 0 Å². The first-order valence-electron chi connectivity index (χ1n) is 11.9. The molecule has 0 aliphatic heterocycles. The van der Waals surface area contributed by atoms with Crippen LogP contribution in [0, 0.1) is 46.3 Å². The Morgan fingerprint density at radius 2 is 1.73 bits per heavy atom. The number of hydrogen-bond acceptors (Lipinski definition) is 5. The lowest BCUT2D eigenvalue weighted by atomic mass is 9.43. The zero-order valence-electron chi connectivity index (χ0n) is 18.6. The topological polar surface area (TPSA) is 118 Å². The van der Waals surface area contributed by atoms with Crippen LogP contribution in [0.15, 0.2) is 0 Å². The molecule has 5 N–H and O–H groups in total. The van der Waals surface area contributed by atoms with Gasteiger partial charge in [0.15, 0.2) is 0 Å². The number of fused-ring (bicyclic) bond motifs is 5. The van der Waals surface area contributed by atoms with Crippen LogP contribution in [-0.2, 0) is 4.79 Å². The van der Waals surface area contributed by atoms with Crippen LogP contribution in [0.2, 0.25) is 0 Å². The predicted molar refractivity (Wildman–Crippen MR) is 111 cm³/mol. The fourth-order valence-corrected chi connectivity index (χ4v) is 8.70. The molecule has 172 valence electrons. The minimum absolute atomic E-state index is 0.0396. The lowest BCUT2D eigenvalue weighted by Gasteiger charge is -2.63. The molecule has 30 heavy (non-hydrogen) atoms. The van der Waals surface area contributed by atoms with Crippen molar-refractivity contribution < 1.29 is 30.3 Å². The van der Waals surface area contributed by atoms with E-state index < -0.39 is 29.7 Å². The van der Waals surface area contributed by atoms with E-state index in [0.29, 0.717) is 12.3 Å². The van der Waals surface area contributed by atoms with Crippen molar-refractivity contribution in [3.05, 3.63) is 0 Å². The summed E-state index contributed by atoms with van der Waals surface area (Å²) in [5, 5.41) is 52.5. The zero-order chi connectivity index (χ0) is 22.0. The highest BCUT2D eigenvalue weighted by Crippen LogP contribution is 2.68. The molecular formula is C24H40O6. The standard InChI is InChI=1S/C24H40O6/c1-12(18(26)11-21(29)30)15-4-5-16-22-17(10-20(28)24(15,16)3)23(2)7-6-14(25)8-13(23)9-19(22)27/h12-20,22,25-28H,4-11H2,1-3H3,(H,29,30)/t12-,13-,14+,15+,16-,17-,18-,19+,20-,22-,23-,24+/m0/s1. The van der Waals surface area contributed by atoms with Gasteiger partial charge in [-0.2, -0.15) is 0 Å². The molecule has 0 unspecified atom stereocenters. The molecule has 6 heteroatoms. The minimum atomic E-state index is -1.00. The van der Waals surface area contributed by atoms with Crippen LogP contribution in [0.3, 0.4) is 0 Å². The van der Waals surface area contributed by atoms with Crippen LogP contribution in [0.25, 0.3) is 0 Å².